The first kappa shape index (κ1) is 16.6. The van der Waals surface area contributed by atoms with Crippen molar-refractivity contribution in [2.45, 2.75) is 38.3 Å². The van der Waals surface area contributed by atoms with Crippen LogP contribution in [0.15, 0.2) is 24.3 Å². The molecule has 1 rings (SSSR count). The van der Waals surface area contributed by atoms with Gasteiger partial charge in [0.15, 0.2) is 13.7 Å². The molecule has 7 heteroatoms. The highest BCUT2D eigenvalue weighted by molar-refractivity contribution is 7.04. The average molecular weight is 302 g/mol. The first-order valence-electron chi connectivity index (χ1n) is 6.04. The van der Waals surface area contributed by atoms with Gasteiger partial charge in [0.1, 0.15) is 0 Å². The summed E-state index contributed by atoms with van der Waals surface area (Å²) in [6, 6.07) is 4.22. The molecule has 1 N–H and O–H groups in total. The molecule has 0 aliphatic heterocycles. The van der Waals surface area contributed by atoms with Crippen LogP contribution in [0.2, 0.25) is 19.6 Å². The predicted octanol–water partition coefficient (Wildman–Crippen LogP) is 3.46. The van der Waals surface area contributed by atoms with Crippen molar-refractivity contribution in [1.82, 2.24) is 0 Å². The van der Waals surface area contributed by atoms with Gasteiger partial charge in [-0.15, -0.1) is 0 Å². The highest BCUT2D eigenvalue weighted by atomic mass is 28.3. The Kier molecular flexibility index (Phi) is 4.29. The van der Waals surface area contributed by atoms with Crippen molar-refractivity contribution < 1.29 is 23.1 Å². The lowest BCUT2D eigenvalue weighted by Crippen LogP contribution is -2.48. The summed E-state index contributed by atoms with van der Waals surface area (Å²) in [6.07, 6.45) is -4.42. The maximum absolute atomic E-state index is 12.5. The molecule has 0 heterocycles. The Hall–Kier alpha value is -1.43. The van der Waals surface area contributed by atoms with Crippen LogP contribution in [0.4, 0.5) is 13.2 Å². The zero-order chi connectivity index (χ0) is 15.8. The van der Waals surface area contributed by atoms with Crippen molar-refractivity contribution in [3.05, 3.63) is 40.9 Å². The van der Waals surface area contributed by atoms with Gasteiger partial charge >= 0.3 is 6.18 Å². The van der Waals surface area contributed by atoms with E-state index in [4.69, 9.17) is 5.53 Å². The van der Waals surface area contributed by atoms with E-state index in [0.717, 1.165) is 12.1 Å². The fourth-order valence-corrected chi connectivity index (χ4v) is 4.00. The van der Waals surface area contributed by atoms with Gasteiger partial charge in [0.05, 0.1) is 5.56 Å². The van der Waals surface area contributed by atoms with Crippen LogP contribution in [-0.2, 0) is 11.8 Å². The normalized spacial score (nSPS) is 15.4. The molecule has 0 amide bonds. The van der Waals surface area contributed by atoms with Crippen molar-refractivity contribution in [1.29, 1.82) is 0 Å². The lowest BCUT2D eigenvalue weighted by atomic mass is 9.96. The maximum Gasteiger partial charge on any atom is 0.416 e. The number of hydrogen-bond acceptors (Lipinski definition) is 1. The molecule has 0 aliphatic rings. The third kappa shape index (κ3) is 3.36. The number of benzene rings is 1. The van der Waals surface area contributed by atoms with Gasteiger partial charge in [-0.1, -0.05) is 31.8 Å². The van der Waals surface area contributed by atoms with Crippen LogP contribution in [-0.4, -0.2) is 23.3 Å². The van der Waals surface area contributed by atoms with E-state index in [9.17, 15) is 18.3 Å². The summed E-state index contributed by atoms with van der Waals surface area (Å²) in [5.74, 6) is 0. The topological polar surface area (TPSA) is 56.6 Å². The van der Waals surface area contributed by atoms with Gasteiger partial charge in [0.25, 0.3) is 5.33 Å². The van der Waals surface area contributed by atoms with Gasteiger partial charge in [-0.3, -0.25) is 0 Å². The number of rotatable bonds is 3. The lowest BCUT2D eigenvalue weighted by Gasteiger charge is -2.25. The molecular weight excluding hydrogens is 285 g/mol. The van der Waals surface area contributed by atoms with Gasteiger partial charge in [-0.05, 0) is 24.6 Å². The molecule has 0 fully saturated rings. The van der Waals surface area contributed by atoms with Crippen LogP contribution in [0.3, 0.4) is 0 Å². The standard InChI is InChI=1S/C13H17F3N2OSi/c1-12(19,11(18-17)20(2,3)4)9-5-7-10(8-6-9)13(14,15)16/h5-8,19H,1-4H3. The molecule has 0 aliphatic carbocycles. The molecule has 1 atom stereocenters. The van der Waals surface area contributed by atoms with Crippen molar-refractivity contribution in [3.63, 3.8) is 0 Å². The molecule has 3 nitrogen and oxygen atoms in total. The summed E-state index contributed by atoms with van der Waals surface area (Å²) in [4.78, 5) is 3.18. The Labute approximate surface area is 116 Å². The molecule has 0 bridgehead atoms. The third-order valence-electron chi connectivity index (χ3n) is 3.05. The number of halogens is 3. The first-order chi connectivity index (χ1) is 8.90. The fraction of sp³-hybridized carbons (Fsp3) is 0.462. The van der Waals surface area contributed by atoms with Crippen LogP contribution in [0, 0.1) is 0 Å². The maximum atomic E-state index is 12.5. The van der Waals surface area contributed by atoms with Crippen LogP contribution in [0.5, 0.6) is 0 Å². The highest BCUT2D eigenvalue weighted by Crippen LogP contribution is 2.32. The number of alkyl halides is 3. The number of hydrogen-bond donors (Lipinski definition) is 1. The third-order valence-corrected chi connectivity index (χ3v) is 5.05. The van der Waals surface area contributed by atoms with E-state index in [1.165, 1.54) is 19.1 Å². The zero-order valence-electron chi connectivity index (χ0n) is 11.8. The minimum atomic E-state index is -4.42. The van der Waals surface area contributed by atoms with E-state index >= 15 is 0 Å². The van der Waals surface area contributed by atoms with Gasteiger partial charge in [0.2, 0.25) is 0 Å². The van der Waals surface area contributed by atoms with Crippen molar-refractivity contribution in [2.75, 3.05) is 0 Å². The number of nitrogens with zero attached hydrogens (tertiary/aromatic N) is 2. The number of aliphatic hydroxyl groups is 1. The first-order valence-corrected chi connectivity index (χ1v) is 9.54. The van der Waals surface area contributed by atoms with E-state index in [1.54, 1.807) is 0 Å². The lowest BCUT2D eigenvalue weighted by molar-refractivity contribution is -0.137. The smallest absolute Gasteiger partial charge is 0.374 e. The average Bonchev–Trinajstić information content (AvgIpc) is 2.26. The molecule has 110 valence electrons. The van der Waals surface area contributed by atoms with E-state index < -0.39 is 25.4 Å². The summed E-state index contributed by atoms with van der Waals surface area (Å²) >= 11 is 0. The van der Waals surface area contributed by atoms with Crippen LogP contribution in [0.1, 0.15) is 18.1 Å². The Morgan fingerprint density at radius 3 is 1.80 bits per heavy atom. The molecule has 0 radical (unpaired) electrons. The largest absolute Gasteiger partial charge is 0.416 e. The summed E-state index contributed by atoms with van der Waals surface area (Å²) in [7, 11) is -2.13. The van der Waals surface area contributed by atoms with Gasteiger partial charge < -0.3 is 10.6 Å². The Bertz CT molecular complexity index is 538. The molecular formula is C13H17F3N2OSi. The summed E-state index contributed by atoms with van der Waals surface area (Å²) in [5, 5.41) is 10.8. The molecule has 0 aromatic heterocycles. The second-order valence-corrected chi connectivity index (χ2v) is 10.8. The second kappa shape index (κ2) is 5.16. The van der Waals surface area contributed by atoms with Crippen molar-refractivity contribution in [2.24, 2.45) is 0 Å². The Morgan fingerprint density at radius 2 is 1.50 bits per heavy atom. The van der Waals surface area contributed by atoms with Crippen LogP contribution >= 0.6 is 0 Å². The highest BCUT2D eigenvalue weighted by Gasteiger charge is 2.46. The predicted molar refractivity (Wildman–Crippen MR) is 73.0 cm³/mol. The SMILES string of the molecule is CC(O)(C(=[N+]=[N-])[Si](C)(C)C)c1ccc(C(F)(F)F)cc1. The van der Waals surface area contributed by atoms with Crippen molar-refractivity contribution in [3.8, 4) is 0 Å². The van der Waals surface area contributed by atoms with E-state index in [-0.39, 0.29) is 10.9 Å². The van der Waals surface area contributed by atoms with Gasteiger partial charge in [-0.2, -0.15) is 18.0 Å². The molecule has 20 heavy (non-hydrogen) atoms. The minimum absolute atomic E-state index is 0.213. The summed E-state index contributed by atoms with van der Waals surface area (Å²) in [5.41, 5.74) is 7.01. The summed E-state index contributed by atoms with van der Waals surface area (Å²) < 4.78 is 37.5. The minimum Gasteiger partial charge on any atom is -0.374 e. The van der Waals surface area contributed by atoms with E-state index in [0.29, 0.717) is 0 Å². The van der Waals surface area contributed by atoms with E-state index in [1.807, 2.05) is 19.6 Å². The van der Waals surface area contributed by atoms with Crippen LogP contribution in [0.25, 0.3) is 5.53 Å². The Morgan fingerprint density at radius 1 is 1.10 bits per heavy atom. The molecule has 1 aromatic carbocycles. The summed E-state index contributed by atoms with van der Waals surface area (Å²) in [6.45, 7) is 7.05. The molecule has 0 saturated carbocycles. The molecule has 1 unspecified atom stereocenters. The molecule has 0 spiro atoms. The van der Waals surface area contributed by atoms with Crippen molar-refractivity contribution >= 4 is 13.4 Å². The van der Waals surface area contributed by atoms with Gasteiger partial charge in [-0.25, -0.2) is 0 Å². The molecule has 0 saturated heterocycles. The molecule has 1 aromatic rings. The van der Waals surface area contributed by atoms with Crippen LogP contribution < -0.4 is 0 Å². The Balaban J connectivity index is 3.27. The quantitative estimate of drug-likeness (QED) is 0.395. The van der Waals surface area contributed by atoms with E-state index in [2.05, 4.69) is 4.79 Å². The second-order valence-electron chi connectivity index (χ2n) is 5.85. The zero-order valence-corrected chi connectivity index (χ0v) is 12.8. The monoisotopic (exact) mass is 302 g/mol. The van der Waals surface area contributed by atoms with Gasteiger partial charge in [0, 0.05) is 0 Å². The fourth-order valence-electron chi connectivity index (χ4n) is 2.10.